The van der Waals surface area contributed by atoms with Gasteiger partial charge in [-0.05, 0) is 61.1 Å². The van der Waals surface area contributed by atoms with Gasteiger partial charge in [0.25, 0.3) is 0 Å². The molecule has 3 heterocycles. The van der Waals surface area contributed by atoms with Crippen LogP contribution in [0, 0.1) is 39.9 Å². The molecule has 1 radical (unpaired) electrons. The number of rotatable bonds is 4. The van der Waals surface area contributed by atoms with E-state index in [9.17, 15) is 0 Å². The maximum absolute atomic E-state index is 7.28. The Morgan fingerprint density at radius 1 is 0.864 bits per heavy atom. The molecule has 0 atom stereocenters. The Morgan fingerprint density at radius 2 is 1.64 bits per heavy atom. The molecule has 0 aliphatic heterocycles. The number of imidazole rings is 1. The van der Waals surface area contributed by atoms with Gasteiger partial charge in [0.1, 0.15) is 0 Å². The van der Waals surface area contributed by atoms with Crippen LogP contribution in [0.5, 0.6) is 0 Å². The van der Waals surface area contributed by atoms with Crippen LogP contribution in [0.15, 0.2) is 102 Å². The molecule has 5 heteroatoms. The van der Waals surface area contributed by atoms with E-state index in [4.69, 9.17) is 17.6 Å². The molecule has 0 unspecified atom stereocenters. The number of hydrogen-bond donors (Lipinski definition) is 0. The third-order valence-electron chi connectivity index (χ3n) is 7.50. The molecule has 0 N–H and O–H groups in total. The van der Waals surface area contributed by atoms with Crippen LogP contribution in [-0.2, 0) is 20.1 Å². The van der Waals surface area contributed by atoms with Gasteiger partial charge in [0.15, 0.2) is 0 Å². The fourth-order valence-electron chi connectivity index (χ4n) is 5.23. The minimum atomic E-state index is -2.18. The second-order valence-electron chi connectivity index (χ2n) is 10.9. The summed E-state index contributed by atoms with van der Waals surface area (Å²) in [5.74, 6) is 1.31. The van der Waals surface area contributed by atoms with Crippen LogP contribution in [-0.4, -0.2) is 14.5 Å². The van der Waals surface area contributed by atoms with Crippen LogP contribution in [0.1, 0.15) is 55.8 Å². The van der Waals surface area contributed by atoms with Crippen LogP contribution in [0.4, 0.5) is 0 Å². The molecule has 7 rings (SSSR count). The Morgan fingerprint density at radius 3 is 2.32 bits per heavy atom. The maximum atomic E-state index is 7.28. The SMILES string of the molecule is Cc1cccc(C)c1-n1c(-c2[c-]oc3cc(C(C)C)ccc23)nc2ccccc21.[2H]C([2H])([2H])c1c[c-]c(-c2ccc(C([2H])([2H])[2H])cn2)cc1.[Ir]. The largest absolute Gasteiger partial charge is 0.557 e. The molecule has 0 aliphatic rings. The summed E-state index contributed by atoms with van der Waals surface area (Å²) < 4.78 is 51.8. The predicted molar refractivity (Wildman–Crippen MR) is 177 cm³/mol. The van der Waals surface area contributed by atoms with Gasteiger partial charge in [-0.25, -0.2) is 0 Å². The zero-order valence-electron chi connectivity index (χ0n) is 30.9. The smallest absolute Gasteiger partial charge is 0.0774 e. The van der Waals surface area contributed by atoms with Crippen LogP contribution in [0.2, 0.25) is 0 Å². The van der Waals surface area contributed by atoms with Gasteiger partial charge in [-0.2, -0.15) is 0 Å². The van der Waals surface area contributed by atoms with Crippen LogP contribution < -0.4 is 0 Å². The normalized spacial score (nSPS) is 13.6. The number of para-hydroxylation sites is 3. The van der Waals surface area contributed by atoms with E-state index in [0.717, 1.165) is 39.1 Å². The van der Waals surface area contributed by atoms with Crippen molar-refractivity contribution in [2.75, 3.05) is 0 Å². The van der Waals surface area contributed by atoms with Gasteiger partial charge in [0.2, 0.25) is 0 Å². The van der Waals surface area contributed by atoms with Crippen molar-refractivity contribution in [1.82, 2.24) is 14.5 Å². The second kappa shape index (κ2) is 13.1. The Hall–Kier alpha value is -4.31. The molecule has 0 fully saturated rings. The van der Waals surface area contributed by atoms with E-state index in [0.29, 0.717) is 17.2 Å². The van der Waals surface area contributed by atoms with Crippen LogP contribution in [0.3, 0.4) is 0 Å². The van der Waals surface area contributed by atoms with E-state index in [1.807, 2.05) is 6.07 Å². The minimum Gasteiger partial charge on any atom is -0.557 e. The first kappa shape index (κ1) is 24.1. The zero-order chi connectivity index (χ0) is 35.1. The van der Waals surface area contributed by atoms with Crippen molar-refractivity contribution in [3.8, 4) is 28.3 Å². The average Bonchev–Trinajstić information content (AvgIpc) is 3.65. The zero-order valence-corrected chi connectivity index (χ0v) is 27.3. The molecule has 0 saturated heterocycles. The van der Waals surface area contributed by atoms with Crippen LogP contribution >= 0.6 is 0 Å². The molecule has 44 heavy (non-hydrogen) atoms. The molecule has 223 valence electrons. The second-order valence-corrected chi connectivity index (χ2v) is 10.9. The number of nitrogens with zero attached hydrogens (tertiary/aromatic N) is 3. The van der Waals surface area contributed by atoms with Gasteiger partial charge in [-0.15, -0.1) is 41.5 Å². The number of aromatic nitrogens is 3. The first-order valence-corrected chi connectivity index (χ1v) is 14.2. The van der Waals surface area contributed by atoms with Crippen molar-refractivity contribution >= 4 is 22.0 Å². The summed E-state index contributed by atoms with van der Waals surface area (Å²) in [6.07, 6.45) is 4.45. The Kier molecular flexibility index (Phi) is 7.18. The van der Waals surface area contributed by atoms with Gasteiger partial charge in [-0.3, -0.25) is 4.98 Å². The molecule has 0 amide bonds. The number of aryl methyl sites for hydroxylation is 4. The summed E-state index contributed by atoms with van der Waals surface area (Å²) in [5.41, 5.74) is 10.2. The van der Waals surface area contributed by atoms with E-state index in [-0.39, 0.29) is 31.2 Å². The third kappa shape index (κ3) is 6.17. The van der Waals surface area contributed by atoms with E-state index in [2.05, 4.69) is 104 Å². The molecule has 7 aromatic rings. The van der Waals surface area contributed by atoms with Gasteiger partial charge in [-0.1, -0.05) is 91.8 Å². The number of hydrogen-bond acceptors (Lipinski definition) is 3. The van der Waals surface area contributed by atoms with Crippen molar-refractivity contribution < 1.29 is 32.7 Å². The first-order valence-electron chi connectivity index (χ1n) is 17.2. The van der Waals surface area contributed by atoms with Gasteiger partial charge in [0.05, 0.1) is 16.9 Å². The van der Waals surface area contributed by atoms with Crippen molar-refractivity contribution in [3.63, 3.8) is 0 Å². The topological polar surface area (TPSA) is 43.9 Å². The fraction of sp³-hybridized carbons (Fsp3) is 0.179. The summed E-state index contributed by atoms with van der Waals surface area (Å²) in [5, 5.41) is 1.04. The Labute approximate surface area is 281 Å². The third-order valence-corrected chi connectivity index (χ3v) is 7.50. The summed E-state index contributed by atoms with van der Waals surface area (Å²) >= 11 is 0. The molecule has 0 aliphatic carbocycles. The summed E-state index contributed by atoms with van der Waals surface area (Å²) in [6, 6.07) is 31.5. The Bertz CT molecular complexity index is 2170. The molecule has 0 spiro atoms. The molecule has 4 aromatic carbocycles. The number of benzene rings is 4. The number of pyridine rings is 1. The van der Waals surface area contributed by atoms with Crippen molar-refractivity contribution in [3.05, 3.63) is 137 Å². The molecular weight excluding hydrogens is 719 g/mol. The quantitative estimate of drug-likeness (QED) is 0.168. The Balaban J connectivity index is 0.000000204. The summed E-state index contributed by atoms with van der Waals surface area (Å²) in [6.45, 7) is 4.33. The molecule has 0 saturated carbocycles. The first-order chi connectivity index (χ1) is 23.2. The van der Waals surface area contributed by atoms with Crippen molar-refractivity contribution in [2.45, 2.75) is 47.3 Å². The number of fused-ring (bicyclic) bond motifs is 2. The molecular formula is C39H35IrN3O-2. The van der Waals surface area contributed by atoms with Gasteiger partial charge in [0, 0.05) is 52.1 Å². The van der Waals surface area contributed by atoms with E-state index >= 15 is 0 Å². The van der Waals surface area contributed by atoms with E-state index in [1.54, 1.807) is 12.1 Å². The van der Waals surface area contributed by atoms with Crippen LogP contribution in [0.25, 0.3) is 50.3 Å². The molecule has 4 nitrogen and oxygen atoms in total. The van der Waals surface area contributed by atoms with Gasteiger partial charge < -0.3 is 14.0 Å². The minimum absolute atomic E-state index is 0. The summed E-state index contributed by atoms with van der Waals surface area (Å²) in [7, 11) is 0. The van der Waals surface area contributed by atoms with Crippen molar-refractivity contribution in [1.29, 1.82) is 0 Å². The summed E-state index contributed by atoms with van der Waals surface area (Å²) in [4.78, 5) is 9.07. The number of furan rings is 1. The standard InChI is InChI=1S/C26H23N2O.C13H12N.Ir/c1-16(2)19-12-13-20-21(15-29-24(20)14-19)26-27-22-10-5-6-11-23(22)28(26)25-17(3)8-7-9-18(25)4;1-10-3-6-12(7-4-10)13-8-5-11(2)9-14-13;/h5-14,16H,1-4H3;3-6,8-9H,1-2H3;/q2*-1;/i;1D3,2D3;. The fourth-order valence-corrected chi connectivity index (χ4v) is 5.23. The molecule has 3 aromatic heterocycles. The van der Waals surface area contributed by atoms with Crippen molar-refractivity contribution in [2.24, 2.45) is 0 Å². The maximum Gasteiger partial charge on any atom is 0.0774 e. The van der Waals surface area contributed by atoms with E-state index < -0.39 is 13.7 Å². The van der Waals surface area contributed by atoms with Gasteiger partial charge >= 0.3 is 0 Å². The molecule has 0 bridgehead atoms. The predicted octanol–water partition coefficient (Wildman–Crippen LogP) is 10.1. The monoisotopic (exact) mass is 760 g/mol. The van der Waals surface area contributed by atoms with E-state index in [1.165, 1.54) is 41.1 Å². The average molecular weight is 760 g/mol.